The van der Waals surface area contributed by atoms with Crippen LogP contribution < -0.4 is 0 Å². The zero-order valence-electron chi connectivity index (χ0n) is 19.1. The topological polar surface area (TPSA) is 101 Å². The molecule has 0 aromatic carbocycles. The van der Waals surface area contributed by atoms with Crippen molar-refractivity contribution < 1.29 is 4.39 Å². The summed E-state index contributed by atoms with van der Waals surface area (Å²) in [5.41, 5.74) is 4.12. The molecule has 5 rings (SSSR count). The van der Waals surface area contributed by atoms with Crippen LogP contribution in [0.25, 0.3) is 11.5 Å². The van der Waals surface area contributed by atoms with E-state index in [9.17, 15) is 9.65 Å². The van der Waals surface area contributed by atoms with Crippen LogP contribution in [0.2, 0.25) is 0 Å². The van der Waals surface area contributed by atoms with Gasteiger partial charge in [0.25, 0.3) is 0 Å². The standard InChI is InChI=1S/C24H26FN9/c1-2-4-20-21(13-19-6-10-29-34(19)23-17(14-26)5-3-9-27-23)28-16-33-24(20)30-22(31-33)15-32-11-7-18(25)8-12-32/h3,5-6,9-10,16,18H,2,4,7-8,11-13,15H2,1H3. The van der Waals surface area contributed by atoms with Crippen LogP contribution in [0.5, 0.6) is 0 Å². The van der Waals surface area contributed by atoms with E-state index in [1.807, 2.05) is 6.07 Å². The van der Waals surface area contributed by atoms with Gasteiger partial charge in [0.2, 0.25) is 0 Å². The number of aromatic nitrogens is 7. The fourth-order valence-corrected chi connectivity index (χ4v) is 4.45. The van der Waals surface area contributed by atoms with E-state index in [0.29, 0.717) is 37.2 Å². The van der Waals surface area contributed by atoms with Crippen LogP contribution in [0.4, 0.5) is 4.39 Å². The van der Waals surface area contributed by atoms with E-state index in [4.69, 9.17) is 9.97 Å². The Kier molecular flexibility index (Phi) is 6.27. The van der Waals surface area contributed by atoms with Crippen LogP contribution in [0.1, 0.15) is 54.5 Å². The van der Waals surface area contributed by atoms with Gasteiger partial charge >= 0.3 is 0 Å². The molecule has 9 nitrogen and oxygen atoms in total. The normalized spacial score (nSPS) is 15.1. The molecule has 34 heavy (non-hydrogen) atoms. The molecule has 10 heteroatoms. The molecule has 1 fully saturated rings. The number of nitriles is 1. The second-order valence-electron chi connectivity index (χ2n) is 8.56. The lowest BCUT2D eigenvalue weighted by molar-refractivity contribution is 0.143. The molecule has 0 N–H and O–H groups in total. The molecule has 4 aromatic heterocycles. The molecule has 1 aliphatic heterocycles. The van der Waals surface area contributed by atoms with E-state index >= 15 is 0 Å². The largest absolute Gasteiger partial charge is 0.296 e. The molecule has 5 heterocycles. The lowest BCUT2D eigenvalue weighted by atomic mass is 10.1. The average Bonchev–Trinajstić information content (AvgIpc) is 3.49. The predicted octanol–water partition coefficient (Wildman–Crippen LogP) is 3.05. The van der Waals surface area contributed by atoms with Crippen LogP contribution in [-0.2, 0) is 19.4 Å². The first-order chi connectivity index (χ1) is 16.7. The molecule has 0 saturated carbocycles. The molecule has 0 unspecified atom stereocenters. The minimum absolute atomic E-state index is 0.462. The van der Waals surface area contributed by atoms with E-state index in [1.54, 1.807) is 40.1 Å². The quantitative estimate of drug-likeness (QED) is 0.419. The highest BCUT2D eigenvalue weighted by Crippen LogP contribution is 2.21. The van der Waals surface area contributed by atoms with E-state index in [0.717, 1.165) is 54.4 Å². The number of halogens is 1. The molecule has 0 spiro atoms. The van der Waals surface area contributed by atoms with Gasteiger partial charge in [0.1, 0.15) is 18.6 Å². The Labute approximate surface area is 196 Å². The third-order valence-electron chi connectivity index (χ3n) is 6.18. The number of rotatable bonds is 7. The fraction of sp³-hybridized carbons (Fsp3) is 0.417. The Morgan fingerprint density at radius 3 is 2.82 bits per heavy atom. The van der Waals surface area contributed by atoms with Gasteiger partial charge in [-0.05, 0) is 37.5 Å². The van der Waals surface area contributed by atoms with Crippen molar-refractivity contribution in [1.29, 1.82) is 5.26 Å². The molecule has 0 amide bonds. The van der Waals surface area contributed by atoms with Crippen LogP contribution in [0.15, 0.2) is 36.9 Å². The molecule has 4 aromatic rings. The molecular weight excluding hydrogens is 433 g/mol. The van der Waals surface area contributed by atoms with Crippen molar-refractivity contribution in [2.45, 2.75) is 51.7 Å². The Morgan fingerprint density at radius 2 is 2.03 bits per heavy atom. The van der Waals surface area contributed by atoms with Gasteiger partial charge in [-0.2, -0.15) is 10.4 Å². The number of piperidine rings is 1. The van der Waals surface area contributed by atoms with Crippen molar-refractivity contribution in [3.8, 4) is 11.9 Å². The minimum Gasteiger partial charge on any atom is -0.296 e. The Hall–Kier alpha value is -3.71. The average molecular weight is 460 g/mol. The maximum atomic E-state index is 13.5. The maximum absolute atomic E-state index is 13.5. The Balaban J connectivity index is 1.46. The number of fused-ring (bicyclic) bond motifs is 1. The molecule has 0 aliphatic carbocycles. The van der Waals surface area contributed by atoms with E-state index < -0.39 is 6.17 Å². The summed E-state index contributed by atoms with van der Waals surface area (Å²) in [6.07, 6.45) is 7.79. The van der Waals surface area contributed by atoms with Crippen LogP contribution in [0, 0.1) is 11.3 Å². The van der Waals surface area contributed by atoms with Gasteiger partial charge in [-0.1, -0.05) is 13.3 Å². The first-order valence-electron chi connectivity index (χ1n) is 11.6. The number of hydrogen-bond acceptors (Lipinski definition) is 7. The summed E-state index contributed by atoms with van der Waals surface area (Å²) in [5.74, 6) is 1.23. The first kappa shape index (κ1) is 22.1. The molecule has 0 atom stereocenters. The molecule has 174 valence electrons. The summed E-state index contributed by atoms with van der Waals surface area (Å²) in [6.45, 7) is 4.19. The Bertz CT molecular complexity index is 1330. The lowest BCUT2D eigenvalue weighted by Gasteiger charge is -2.27. The van der Waals surface area contributed by atoms with Gasteiger partial charge < -0.3 is 0 Å². The zero-order chi connectivity index (χ0) is 23.5. The smallest absolute Gasteiger partial charge is 0.171 e. The summed E-state index contributed by atoms with van der Waals surface area (Å²) in [4.78, 5) is 16.1. The summed E-state index contributed by atoms with van der Waals surface area (Å²) < 4.78 is 16.9. The van der Waals surface area contributed by atoms with E-state index in [2.05, 4.69) is 33.1 Å². The van der Waals surface area contributed by atoms with Gasteiger partial charge in [0.15, 0.2) is 17.3 Å². The molecule has 0 bridgehead atoms. The number of nitrogens with zero attached hydrogens (tertiary/aromatic N) is 9. The number of alkyl halides is 1. The van der Waals surface area contributed by atoms with Crippen molar-refractivity contribution in [2.24, 2.45) is 0 Å². The lowest BCUT2D eigenvalue weighted by Crippen LogP contribution is -2.34. The van der Waals surface area contributed by atoms with Gasteiger partial charge in [-0.15, -0.1) is 5.10 Å². The zero-order valence-corrected chi connectivity index (χ0v) is 19.1. The van der Waals surface area contributed by atoms with Crippen LogP contribution >= 0.6 is 0 Å². The maximum Gasteiger partial charge on any atom is 0.171 e. The number of hydrogen-bond donors (Lipinski definition) is 0. The Morgan fingerprint density at radius 1 is 1.18 bits per heavy atom. The van der Waals surface area contributed by atoms with Crippen molar-refractivity contribution in [2.75, 3.05) is 13.1 Å². The van der Waals surface area contributed by atoms with Gasteiger partial charge in [-0.3, -0.25) is 4.90 Å². The molecule has 0 radical (unpaired) electrons. The SMILES string of the molecule is CCCc1c(Cc2ccnn2-c2ncccc2C#N)ncn2nc(CN3CCC(F)CC3)nc12. The second-order valence-corrected chi connectivity index (χ2v) is 8.56. The summed E-state index contributed by atoms with van der Waals surface area (Å²) in [7, 11) is 0. The highest BCUT2D eigenvalue weighted by atomic mass is 19.1. The number of pyridine rings is 1. The van der Waals surface area contributed by atoms with E-state index in [1.165, 1.54) is 0 Å². The number of aryl methyl sites for hydroxylation is 1. The highest BCUT2D eigenvalue weighted by molar-refractivity contribution is 5.50. The molecular formula is C24H26FN9. The monoisotopic (exact) mass is 459 g/mol. The van der Waals surface area contributed by atoms with Crippen molar-refractivity contribution in [3.05, 3.63) is 65.3 Å². The van der Waals surface area contributed by atoms with Crippen molar-refractivity contribution in [1.82, 2.24) is 39.2 Å². The van der Waals surface area contributed by atoms with E-state index in [-0.39, 0.29) is 0 Å². The third kappa shape index (κ3) is 4.39. The molecule has 1 saturated heterocycles. The summed E-state index contributed by atoms with van der Waals surface area (Å²) in [6, 6.07) is 7.57. The van der Waals surface area contributed by atoms with Crippen molar-refractivity contribution in [3.63, 3.8) is 0 Å². The minimum atomic E-state index is -0.697. The van der Waals surface area contributed by atoms with Crippen LogP contribution in [0.3, 0.4) is 0 Å². The second kappa shape index (κ2) is 9.65. The fourth-order valence-electron chi connectivity index (χ4n) is 4.45. The van der Waals surface area contributed by atoms with Gasteiger partial charge in [0, 0.05) is 37.5 Å². The van der Waals surface area contributed by atoms with Crippen LogP contribution in [-0.4, -0.2) is 58.5 Å². The summed E-state index contributed by atoms with van der Waals surface area (Å²) >= 11 is 0. The van der Waals surface area contributed by atoms with Crippen molar-refractivity contribution >= 4 is 5.65 Å². The summed E-state index contributed by atoms with van der Waals surface area (Å²) in [5, 5.41) is 18.5. The molecule has 1 aliphatic rings. The van der Waals surface area contributed by atoms with Gasteiger partial charge in [-0.25, -0.2) is 28.5 Å². The highest BCUT2D eigenvalue weighted by Gasteiger charge is 2.21. The van der Waals surface area contributed by atoms with Gasteiger partial charge in [0.05, 0.1) is 23.5 Å². The third-order valence-corrected chi connectivity index (χ3v) is 6.18. The predicted molar refractivity (Wildman–Crippen MR) is 123 cm³/mol. The first-order valence-corrected chi connectivity index (χ1v) is 11.6. The number of likely N-dealkylation sites (tertiary alicyclic amines) is 1.